The summed E-state index contributed by atoms with van der Waals surface area (Å²) in [6.07, 6.45) is 1.21. The van der Waals surface area contributed by atoms with E-state index < -0.39 is 27.4 Å². The van der Waals surface area contributed by atoms with Gasteiger partial charge < -0.3 is 15.8 Å². The molecule has 0 saturated heterocycles. The van der Waals surface area contributed by atoms with Gasteiger partial charge in [-0.25, -0.2) is 13.4 Å². The summed E-state index contributed by atoms with van der Waals surface area (Å²) in [5.74, 6) is -1.25. The number of nitrogens with one attached hydrogen (secondary N) is 1. The smallest absolute Gasteiger partial charge is 0.259 e. The Morgan fingerprint density at radius 3 is 2.82 bits per heavy atom. The standard InChI is InChI=1S/C18H19FN4O4S/c1-18(2,22-17(24)11-6-7-21-14(19)8-11)10-27-13-5-3-4-12-9-28(25,26)23-16(20)15(12)13/h3-8H,9-10H2,1-2H3,(H2,20,23)(H,22,24). The van der Waals surface area contributed by atoms with Crippen LogP contribution in [-0.2, 0) is 15.8 Å². The van der Waals surface area contributed by atoms with Crippen molar-refractivity contribution in [2.24, 2.45) is 10.1 Å². The summed E-state index contributed by atoms with van der Waals surface area (Å²) in [6.45, 7) is 3.53. The number of hydrogen-bond donors (Lipinski definition) is 2. The first-order valence-corrected chi connectivity index (χ1v) is 9.94. The largest absolute Gasteiger partial charge is 0.490 e. The molecule has 1 aromatic carbocycles. The number of carbonyl (C=O) groups excluding carboxylic acids is 1. The van der Waals surface area contributed by atoms with E-state index in [1.54, 1.807) is 32.0 Å². The van der Waals surface area contributed by atoms with Crippen LogP contribution < -0.4 is 15.8 Å². The number of rotatable bonds is 5. The molecule has 1 amide bonds. The number of hydrogen-bond acceptors (Lipinski definition) is 6. The minimum absolute atomic E-state index is 0.0583. The van der Waals surface area contributed by atoms with Crippen molar-refractivity contribution in [3.63, 3.8) is 0 Å². The summed E-state index contributed by atoms with van der Waals surface area (Å²) in [5.41, 5.74) is 6.06. The maximum absolute atomic E-state index is 13.2. The average Bonchev–Trinajstić information content (AvgIpc) is 2.58. The third-order valence-electron chi connectivity index (χ3n) is 3.97. The van der Waals surface area contributed by atoms with Crippen LogP contribution in [0.5, 0.6) is 5.75 Å². The molecule has 3 rings (SSSR count). The number of fused-ring (bicyclic) bond motifs is 1. The van der Waals surface area contributed by atoms with E-state index in [1.807, 2.05) is 0 Å². The first-order chi connectivity index (χ1) is 13.1. The normalized spacial score (nSPS) is 15.3. The maximum Gasteiger partial charge on any atom is 0.259 e. The number of nitrogens with zero attached hydrogens (tertiary/aromatic N) is 2. The number of benzene rings is 1. The molecule has 2 heterocycles. The molecule has 0 spiro atoms. The second kappa shape index (κ2) is 7.19. The number of pyridine rings is 1. The number of carbonyl (C=O) groups is 1. The Morgan fingerprint density at radius 1 is 1.36 bits per heavy atom. The van der Waals surface area contributed by atoms with Gasteiger partial charge in [0.2, 0.25) is 5.95 Å². The van der Waals surface area contributed by atoms with E-state index in [1.165, 1.54) is 12.3 Å². The Morgan fingerprint density at radius 2 is 2.11 bits per heavy atom. The van der Waals surface area contributed by atoms with Crippen molar-refractivity contribution in [2.45, 2.75) is 25.1 Å². The lowest BCUT2D eigenvalue weighted by atomic mass is 10.0. The Labute approximate surface area is 161 Å². The van der Waals surface area contributed by atoms with E-state index in [0.717, 1.165) is 6.07 Å². The topological polar surface area (TPSA) is 124 Å². The predicted molar refractivity (Wildman–Crippen MR) is 101 cm³/mol. The lowest BCUT2D eigenvalue weighted by molar-refractivity contribution is 0.0880. The quantitative estimate of drug-likeness (QED) is 0.723. The van der Waals surface area contributed by atoms with E-state index >= 15 is 0 Å². The van der Waals surface area contributed by atoms with Crippen LogP contribution in [0, 0.1) is 5.95 Å². The van der Waals surface area contributed by atoms with Crippen LogP contribution in [0.3, 0.4) is 0 Å². The fourth-order valence-corrected chi connectivity index (χ4v) is 3.84. The minimum Gasteiger partial charge on any atom is -0.490 e. The van der Waals surface area contributed by atoms with Crippen LogP contribution in [0.2, 0.25) is 0 Å². The zero-order valence-electron chi connectivity index (χ0n) is 15.3. The minimum atomic E-state index is -3.64. The molecule has 2 aromatic rings. The highest BCUT2D eigenvalue weighted by Gasteiger charge is 2.27. The van der Waals surface area contributed by atoms with Gasteiger partial charge in [-0.05, 0) is 31.5 Å². The molecule has 28 heavy (non-hydrogen) atoms. The molecule has 8 nitrogen and oxygen atoms in total. The monoisotopic (exact) mass is 406 g/mol. The Balaban J connectivity index is 1.74. The van der Waals surface area contributed by atoms with Gasteiger partial charge in [-0.2, -0.15) is 4.39 Å². The molecule has 1 aliphatic rings. The first-order valence-electron chi connectivity index (χ1n) is 8.34. The molecule has 3 N–H and O–H groups in total. The van der Waals surface area contributed by atoms with Gasteiger partial charge in [-0.3, -0.25) is 4.79 Å². The molecule has 1 aromatic heterocycles. The van der Waals surface area contributed by atoms with Gasteiger partial charge in [-0.15, -0.1) is 4.40 Å². The molecule has 148 valence electrons. The number of amides is 1. The SMILES string of the molecule is CC(C)(COc1cccc2c1C(N)=NS(=O)(=O)C2)NC(=O)c1ccnc(F)c1. The summed E-state index contributed by atoms with van der Waals surface area (Å²) in [6, 6.07) is 7.40. The maximum atomic E-state index is 13.2. The summed E-state index contributed by atoms with van der Waals surface area (Å²) < 4.78 is 46.0. The second-order valence-corrected chi connectivity index (χ2v) is 8.62. The molecule has 0 unspecified atom stereocenters. The highest BCUT2D eigenvalue weighted by atomic mass is 32.2. The molecule has 0 radical (unpaired) electrons. The third kappa shape index (κ3) is 4.45. The third-order valence-corrected chi connectivity index (χ3v) is 5.12. The summed E-state index contributed by atoms with van der Waals surface area (Å²) in [5, 5.41) is 2.76. The zero-order chi connectivity index (χ0) is 20.5. The van der Waals surface area contributed by atoms with Gasteiger partial charge in [0.05, 0.1) is 16.9 Å². The molecule has 10 heteroatoms. The molecule has 0 fully saturated rings. The first kappa shape index (κ1) is 19.7. The van der Waals surface area contributed by atoms with Gasteiger partial charge in [0.1, 0.15) is 18.2 Å². The summed E-state index contributed by atoms with van der Waals surface area (Å²) in [7, 11) is -3.64. The second-order valence-electron chi connectivity index (χ2n) is 6.99. The summed E-state index contributed by atoms with van der Waals surface area (Å²) in [4.78, 5) is 15.7. The average molecular weight is 406 g/mol. The predicted octanol–water partition coefficient (Wildman–Crippen LogP) is 1.36. The molecule has 0 saturated carbocycles. The fraction of sp³-hybridized carbons (Fsp3) is 0.278. The number of amidine groups is 1. The van der Waals surface area contributed by atoms with Gasteiger partial charge in [0.25, 0.3) is 15.9 Å². The Hall–Kier alpha value is -3.01. The fourth-order valence-electron chi connectivity index (χ4n) is 2.75. The van der Waals surface area contributed by atoms with Crippen LogP contribution in [0.25, 0.3) is 0 Å². The molecule has 0 aliphatic carbocycles. The number of sulfonamides is 1. The molecule has 0 atom stereocenters. The molecule has 1 aliphatic heterocycles. The van der Waals surface area contributed by atoms with E-state index in [2.05, 4.69) is 14.7 Å². The summed E-state index contributed by atoms with van der Waals surface area (Å²) >= 11 is 0. The van der Waals surface area contributed by atoms with Crippen molar-refractivity contribution in [1.29, 1.82) is 0 Å². The van der Waals surface area contributed by atoms with E-state index in [-0.39, 0.29) is 23.8 Å². The van der Waals surface area contributed by atoms with E-state index in [9.17, 15) is 17.6 Å². The van der Waals surface area contributed by atoms with Crippen molar-refractivity contribution in [1.82, 2.24) is 10.3 Å². The van der Waals surface area contributed by atoms with Crippen LogP contribution in [0.4, 0.5) is 4.39 Å². The van der Waals surface area contributed by atoms with Crippen molar-refractivity contribution in [3.8, 4) is 5.75 Å². The number of ether oxygens (including phenoxy) is 1. The van der Waals surface area contributed by atoms with Crippen molar-refractivity contribution >= 4 is 21.8 Å². The number of nitrogens with two attached hydrogens (primary N) is 1. The van der Waals surface area contributed by atoms with Gasteiger partial charge >= 0.3 is 0 Å². The number of halogens is 1. The van der Waals surface area contributed by atoms with Crippen LogP contribution >= 0.6 is 0 Å². The van der Waals surface area contributed by atoms with Crippen molar-refractivity contribution < 1.29 is 22.3 Å². The van der Waals surface area contributed by atoms with E-state index in [4.69, 9.17) is 10.5 Å². The highest BCUT2D eigenvalue weighted by molar-refractivity contribution is 7.89. The molecular formula is C18H19FN4O4S. The Kier molecular flexibility index (Phi) is 5.07. The Bertz CT molecular complexity index is 1070. The zero-order valence-corrected chi connectivity index (χ0v) is 16.1. The number of aromatic nitrogens is 1. The molecule has 0 bridgehead atoms. The van der Waals surface area contributed by atoms with Crippen LogP contribution in [0.15, 0.2) is 40.9 Å². The van der Waals surface area contributed by atoms with Gasteiger partial charge in [0, 0.05) is 17.8 Å². The highest BCUT2D eigenvalue weighted by Crippen LogP contribution is 2.28. The van der Waals surface area contributed by atoms with Crippen molar-refractivity contribution in [2.75, 3.05) is 6.61 Å². The molecular weight excluding hydrogens is 387 g/mol. The van der Waals surface area contributed by atoms with Crippen LogP contribution in [-0.4, -0.2) is 37.3 Å². The van der Waals surface area contributed by atoms with Gasteiger partial charge in [-0.1, -0.05) is 12.1 Å². The van der Waals surface area contributed by atoms with Crippen molar-refractivity contribution in [3.05, 3.63) is 59.2 Å². The lowest BCUT2D eigenvalue weighted by Crippen LogP contribution is -2.48. The van der Waals surface area contributed by atoms with Gasteiger partial charge in [0.15, 0.2) is 0 Å². The van der Waals surface area contributed by atoms with E-state index in [0.29, 0.717) is 16.9 Å². The van der Waals surface area contributed by atoms with Crippen LogP contribution in [0.1, 0.15) is 35.3 Å². The lowest BCUT2D eigenvalue weighted by Gasteiger charge is -2.27.